The number of nitrogens with zero attached hydrogens (tertiary/aromatic N) is 1. The van der Waals surface area contributed by atoms with Gasteiger partial charge in [-0.15, -0.1) is 11.3 Å². The molecule has 2 aliphatic rings. The molecule has 1 atom stereocenters. The van der Waals surface area contributed by atoms with E-state index in [9.17, 15) is 48.0 Å². The van der Waals surface area contributed by atoms with Gasteiger partial charge in [-0.2, -0.15) is 13.2 Å². The zero-order valence-electron chi connectivity index (χ0n) is 20.7. The fourth-order valence-electron chi connectivity index (χ4n) is 4.34. The molecule has 0 bridgehead atoms. The summed E-state index contributed by atoms with van der Waals surface area (Å²) in [6.07, 6.45) is -2.79. The molecule has 3 rings (SSSR count). The van der Waals surface area contributed by atoms with Gasteiger partial charge in [0.25, 0.3) is 5.91 Å². The Morgan fingerprint density at radius 2 is 1.78 bits per heavy atom. The van der Waals surface area contributed by atoms with E-state index in [2.05, 4.69) is 0 Å². The predicted octanol–water partition coefficient (Wildman–Crippen LogP) is 3.79. The first-order valence-corrected chi connectivity index (χ1v) is 12.7. The number of hydrogen-bond donors (Lipinski definition) is 4. The number of thiophene rings is 1. The Balaban J connectivity index is 0.000000364. The number of carboxylic acids is 2. The van der Waals surface area contributed by atoms with Gasteiger partial charge in [0, 0.05) is 24.4 Å². The number of likely N-dealkylation sites (tertiary alicyclic amines) is 1. The van der Waals surface area contributed by atoms with Crippen LogP contribution in [-0.4, -0.2) is 74.6 Å². The molecule has 0 saturated carbocycles. The molecule has 2 heterocycles. The molecule has 1 saturated heterocycles. The van der Waals surface area contributed by atoms with E-state index >= 15 is 0 Å². The van der Waals surface area contributed by atoms with Crippen LogP contribution in [0.2, 0.25) is 0 Å². The van der Waals surface area contributed by atoms with Gasteiger partial charge < -0.3 is 25.3 Å². The number of carboxylic acid groups (broad SMARTS) is 2. The quantitative estimate of drug-likeness (QED) is 0.408. The van der Waals surface area contributed by atoms with Crippen LogP contribution in [0.3, 0.4) is 0 Å². The lowest BCUT2D eigenvalue weighted by molar-refractivity contribution is -0.147. The number of carbonyl (C=O) groups is 3. The van der Waals surface area contributed by atoms with Crippen LogP contribution in [0.25, 0.3) is 0 Å². The molecule has 4 N–H and O–H groups in total. The maximum Gasteiger partial charge on any atom is 0.389 e. The fourth-order valence-corrected chi connectivity index (χ4v) is 5.05. The van der Waals surface area contributed by atoms with Crippen LogP contribution in [-0.2, 0) is 20.8 Å². The molecule has 1 aromatic rings. The number of alkyl halides is 3. The summed E-state index contributed by atoms with van der Waals surface area (Å²) in [4.78, 5) is 38.6. The first kappa shape index (κ1) is 30.5. The summed E-state index contributed by atoms with van der Waals surface area (Å²) in [6.45, 7) is 3.21. The number of aliphatic carboxylic acids is 2. The summed E-state index contributed by atoms with van der Waals surface area (Å²) in [7, 11) is 0. The third-order valence-electron chi connectivity index (χ3n) is 6.72. The van der Waals surface area contributed by atoms with Crippen LogP contribution in [0.1, 0.15) is 50.8 Å². The van der Waals surface area contributed by atoms with Crippen LogP contribution in [0.4, 0.5) is 13.2 Å². The summed E-state index contributed by atoms with van der Waals surface area (Å²) in [6, 6.07) is 3.48. The predicted molar refractivity (Wildman–Crippen MR) is 130 cm³/mol. The molecule has 1 unspecified atom stereocenters. The molecule has 0 spiro atoms. The number of amides is 1. The second-order valence-corrected chi connectivity index (χ2v) is 10.4. The molecule has 37 heavy (non-hydrogen) atoms. The van der Waals surface area contributed by atoms with E-state index in [1.54, 1.807) is 31.4 Å². The van der Waals surface area contributed by atoms with Crippen molar-refractivity contribution in [3.05, 3.63) is 45.2 Å². The van der Waals surface area contributed by atoms with Crippen LogP contribution in [0, 0.1) is 5.41 Å². The van der Waals surface area contributed by atoms with Crippen molar-refractivity contribution >= 4 is 29.2 Å². The molecule has 206 valence electrons. The topological polar surface area (TPSA) is 135 Å². The molecule has 1 aliphatic heterocycles. The largest absolute Gasteiger partial charge is 0.481 e. The minimum absolute atomic E-state index is 0.0252. The van der Waals surface area contributed by atoms with E-state index in [0.29, 0.717) is 5.57 Å². The maximum atomic E-state index is 12.9. The highest BCUT2D eigenvalue weighted by atomic mass is 32.1. The third-order valence-corrected chi connectivity index (χ3v) is 7.66. The minimum Gasteiger partial charge on any atom is -0.481 e. The smallest absolute Gasteiger partial charge is 0.389 e. The lowest BCUT2D eigenvalue weighted by atomic mass is 9.71. The highest BCUT2D eigenvalue weighted by molar-refractivity contribution is 7.09. The zero-order chi connectivity index (χ0) is 28.0. The summed E-state index contributed by atoms with van der Waals surface area (Å²) in [5.41, 5.74) is -2.38. The molecule has 12 heteroatoms. The van der Waals surface area contributed by atoms with Crippen molar-refractivity contribution in [1.82, 2.24) is 4.90 Å². The Kier molecular flexibility index (Phi) is 10.1. The van der Waals surface area contributed by atoms with Gasteiger partial charge in [0.05, 0.1) is 28.8 Å². The van der Waals surface area contributed by atoms with Crippen LogP contribution < -0.4 is 0 Å². The van der Waals surface area contributed by atoms with Crippen molar-refractivity contribution in [3.63, 3.8) is 0 Å². The lowest BCUT2D eigenvalue weighted by Crippen LogP contribution is -2.49. The molecule has 1 amide bonds. The number of rotatable bonds is 7. The van der Waals surface area contributed by atoms with E-state index in [4.69, 9.17) is 0 Å². The minimum atomic E-state index is -4.02. The highest BCUT2D eigenvalue weighted by Crippen LogP contribution is 2.41. The number of hydrogen-bond acceptors (Lipinski definition) is 6. The van der Waals surface area contributed by atoms with Gasteiger partial charge >= 0.3 is 18.1 Å². The van der Waals surface area contributed by atoms with Crippen molar-refractivity contribution in [1.29, 1.82) is 0 Å². The van der Waals surface area contributed by atoms with Crippen LogP contribution in [0.15, 0.2) is 40.3 Å². The lowest BCUT2D eigenvalue weighted by Gasteiger charge is -2.38. The van der Waals surface area contributed by atoms with Gasteiger partial charge in [-0.1, -0.05) is 19.1 Å². The first-order chi connectivity index (χ1) is 17.2. The van der Waals surface area contributed by atoms with E-state index in [0.717, 1.165) is 4.88 Å². The molecule has 1 aromatic heterocycles. The maximum absolute atomic E-state index is 12.9. The molecular weight excluding hydrogens is 515 g/mol. The van der Waals surface area contributed by atoms with Crippen LogP contribution in [0.5, 0.6) is 0 Å². The van der Waals surface area contributed by atoms with E-state index in [1.165, 1.54) is 22.3 Å². The SMILES string of the molecule is CCC1(C(=O)O)C=C(C)C(C(=O)N2CCC(O)(CO)CC2)=C(C(=O)O)C1.FC(F)(F)CCc1cccs1. The van der Waals surface area contributed by atoms with Gasteiger partial charge in [-0.25, -0.2) is 4.79 Å². The Morgan fingerprint density at radius 3 is 2.22 bits per heavy atom. The monoisotopic (exact) mass is 547 g/mol. The summed E-state index contributed by atoms with van der Waals surface area (Å²) >= 11 is 1.36. The van der Waals surface area contributed by atoms with Crippen LogP contribution >= 0.6 is 11.3 Å². The number of halogens is 3. The number of piperidine rings is 1. The van der Waals surface area contributed by atoms with Gasteiger partial charge in [0.15, 0.2) is 0 Å². The molecule has 0 aromatic carbocycles. The Bertz CT molecular complexity index is 1040. The van der Waals surface area contributed by atoms with Gasteiger partial charge in [0.2, 0.25) is 0 Å². The van der Waals surface area contributed by atoms with Gasteiger partial charge in [-0.05, 0) is 56.0 Å². The van der Waals surface area contributed by atoms with Crippen molar-refractivity contribution < 1.29 is 48.0 Å². The van der Waals surface area contributed by atoms with Crippen molar-refractivity contribution in [2.75, 3.05) is 19.7 Å². The first-order valence-electron chi connectivity index (χ1n) is 11.8. The van der Waals surface area contributed by atoms with Crippen molar-refractivity contribution in [3.8, 4) is 0 Å². The number of aliphatic hydroxyl groups is 2. The number of aliphatic hydroxyl groups excluding tert-OH is 1. The van der Waals surface area contributed by atoms with Crippen molar-refractivity contribution in [2.24, 2.45) is 5.41 Å². The summed E-state index contributed by atoms with van der Waals surface area (Å²) < 4.78 is 35.0. The third kappa shape index (κ3) is 7.89. The van der Waals surface area contributed by atoms with Gasteiger partial charge in [0.1, 0.15) is 0 Å². The zero-order valence-corrected chi connectivity index (χ0v) is 21.5. The number of carbonyl (C=O) groups excluding carboxylic acids is 1. The summed E-state index contributed by atoms with van der Waals surface area (Å²) in [5, 5.41) is 40.2. The Labute approximate surface area is 216 Å². The van der Waals surface area contributed by atoms with Gasteiger partial charge in [-0.3, -0.25) is 9.59 Å². The second kappa shape index (κ2) is 12.2. The molecule has 1 aliphatic carbocycles. The summed E-state index contributed by atoms with van der Waals surface area (Å²) in [5.74, 6) is -2.90. The Morgan fingerprint density at radius 1 is 1.16 bits per heavy atom. The molecular formula is C25H32F3NO7S. The Hall–Kier alpha value is -2.70. The normalized spacial score (nSPS) is 21.6. The fraction of sp³-hybridized carbons (Fsp3) is 0.560. The second-order valence-electron chi connectivity index (χ2n) is 9.35. The molecule has 0 radical (unpaired) electrons. The van der Waals surface area contributed by atoms with E-state index in [-0.39, 0.29) is 56.3 Å². The van der Waals surface area contributed by atoms with E-state index < -0.39 is 48.1 Å². The number of aryl methyl sites for hydroxylation is 1. The average molecular weight is 548 g/mol. The molecule has 1 fully saturated rings. The van der Waals surface area contributed by atoms with E-state index in [1.807, 2.05) is 0 Å². The standard InChI is InChI=1S/C18H25NO7.C7H7F3S/c1-3-17(16(24)25)8-11(2)13(12(9-17)15(22)23)14(21)19-6-4-18(26,10-20)5-7-19;8-7(9,10)4-3-6-2-1-5-11-6/h8,20,26H,3-7,9-10H2,1-2H3,(H,22,23)(H,24,25);1-2,5H,3-4H2. The average Bonchev–Trinajstić information content (AvgIpc) is 3.36. The highest BCUT2D eigenvalue weighted by Gasteiger charge is 2.44. The van der Waals surface area contributed by atoms with Crippen molar-refractivity contribution in [2.45, 2.75) is 64.1 Å². The molecule has 8 nitrogen and oxygen atoms in total.